The van der Waals surface area contributed by atoms with Gasteiger partial charge in [0.05, 0.1) is 13.1 Å². The third kappa shape index (κ3) is 4.26. The molecule has 0 rings (SSSR count). The van der Waals surface area contributed by atoms with Crippen molar-refractivity contribution in [3.05, 3.63) is 0 Å². The van der Waals surface area contributed by atoms with Crippen molar-refractivity contribution in [1.29, 1.82) is 0 Å². The first-order valence-corrected chi connectivity index (χ1v) is 4.89. The molecule has 0 saturated heterocycles. The fourth-order valence-corrected chi connectivity index (χ4v) is 1.16. The highest BCUT2D eigenvalue weighted by Gasteiger charge is 2.24. The minimum absolute atomic E-state index is 0.201. The van der Waals surface area contributed by atoms with Gasteiger partial charge in [-0.3, -0.25) is 9.59 Å². The minimum atomic E-state index is -1.07. The SMILES string of the molecule is CCC(C(=O)O)N(C)C(=O)CNC(=O)CN. The lowest BCUT2D eigenvalue weighted by molar-refractivity contribution is -0.148. The zero-order chi connectivity index (χ0) is 12.7. The van der Waals surface area contributed by atoms with Gasteiger partial charge in [-0.1, -0.05) is 6.92 Å². The Balaban J connectivity index is 4.26. The normalized spacial score (nSPS) is 11.7. The quantitative estimate of drug-likeness (QED) is 0.508. The van der Waals surface area contributed by atoms with Gasteiger partial charge in [0.1, 0.15) is 6.04 Å². The lowest BCUT2D eigenvalue weighted by atomic mass is 10.2. The molecule has 2 amide bonds. The third-order valence-electron chi connectivity index (χ3n) is 2.15. The number of carboxylic acid groups (broad SMARTS) is 1. The number of carboxylic acids is 1. The number of nitrogens with two attached hydrogens (primary N) is 1. The Morgan fingerprint density at radius 3 is 2.38 bits per heavy atom. The molecule has 92 valence electrons. The number of carbonyl (C=O) groups is 3. The number of nitrogens with one attached hydrogen (secondary N) is 1. The molecule has 0 saturated carbocycles. The van der Waals surface area contributed by atoms with Gasteiger partial charge in [0, 0.05) is 7.05 Å². The van der Waals surface area contributed by atoms with Gasteiger partial charge in [0.15, 0.2) is 0 Å². The van der Waals surface area contributed by atoms with Gasteiger partial charge in [0.2, 0.25) is 11.8 Å². The van der Waals surface area contributed by atoms with Crippen molar-refractivity contribution in [2.24, 2.45) is 5.73 Å². The standard InChI is InChI=1S/C9H17N3O4/c1-3-6(9(15)16)12(2)8(14)5-11-7(13)4-10/h6H,3-5,10H2,1-2H3,(H,11,13)(H,15,16). The monoisotopic (exact) mass is 231 g/mol. The van der Waals surface area contributed by atoms with Gasteiger partial charge >= 0.3 is 5.97 Å². The number of nitrogens with zero attached hydrogens (tertiary/aromatic N) is 1. The van der Waals surface area contributed by atoms with Gasteiger partial charge in [-0.2, -0.15) is 0 Å². The number of hydrogen-bond acceptors (Lipinski definition) is 4. The number of aliphatic carboxylic acids is 1. The number of carbonyl (C=O) groups excluding carboxylic acids is 2. The van der Waals surface area contributed by atoms with Crippen molar-refractivity contribution in [3.8, 4) is 0 Å². The first-order chi connectivity index (χ1) is 7.43. The van der Waals surface area contributed by atoms with Crippen LogP contribution in [0.25, 0.3) is 0 Å². The molecule has 0 heterocycles. The Morgan fingerprint density at radius 2 is 2.00 bits per heavy atom. The zero-order valence-electron chi connectivity index (χ0n) is 9.40. The van der Waals surface area contributed by atoms with Crippen LogP contribution in [0.2, 0.25) is 0 Å². The first-order valence-electron chi connectivity index (χ1n) is 4.89. The van der Waals surface area contributed by atoms with Crippen molar-refractivity contribution in [3.63, 3.8) is 0 Å². The number of likely N-dealkylation sites (N-methyl/N-ethyl adjacent to an activating group) is 1. The second-order valence-electron chi connectivity index (χ2n) is 3.25. The highest BCUT2D eigenvalue weighted by molar-refractivity contribution is 5.88. The van der Waals surface area contributed by atoms with Gasteiger partial charge in [-0.05, 0) is 6.42 Å². The van der Waals surface area contributed by atoms with Gasteiger partial charge < -0.3 is 21.1 Å². The van der Waals surface area contributed by atoms with Crippen LogP contribution in [0.3, 0.4) is 0 Å². The summed E-state index contributed by atoms with van der Waals surface area (Å²) in [6.07, 6.45) is 0.308. The van der Waals surface area contributed by atoms with E-state index in [-0.39, 0.29) is 13.1 Å². The maximum absolute atomic E-state index is 11.5. The molecule has 4 N–H and O–H groups in total. The molecule has 0 aliphatic carbocycles. The fraction of sp³-hybridized carbons (Fsp3) is 0.667. The van der Waals surface area contributed by atoms with E-state index in [0.717, 1.165) is 4.90 Å². The lowest BCUT2D eigenvalue weighted by Gasteiger charge is -2.23. The van der Waals surface area contributed by atoms with Crippen LogP contribution in [0.15, 0.2) is 0 Å². The number of hydrogen-bond donors (Lipinski definition) is 3. The van der Waals surface area contributed by atoms with E-state index in [4.69, 9.17) is 10.8 Å². The predicted molar refractivity (Wildman–Crippen MR) is 56.5 cm³/mol. The molecular weight excluding hydrogens is 214 g/mol. The molecule has 16 heavy (non-hydrogen) atoms. The van der Waals surface area contributed by atoms with E-state index in [1.807, 2.05) is 0 Å². The topological polar surface area (TPSA) is 113 Å². The summed E-state index contributed by atoms with van der Waals surface area (Å²) in [5, 5.41) is 11.1. The molecule has 1 unspecified atom stereocenters. The van der Waals surface area contributed by atoms with Crippen molar-refractivity contribution >= 4 is 17.8 Å². The molecule has 7 nitrogen and oxygen atoms in total. The van der Waals surface area contributed by atoms with Crippen molar-refractivity contribution in [1.82, 2.24) is 10.2 Å². The van der Waals surface area contributed by atoms with Crippen LogP contribution in [0.5, 0.6) is 0 Å². The summed E-state index contributed by atoms with van der Waals surface area (Å²) in [5.41, 5.74) is 5.04. The van der Waals surface area contributed by atoms with E-state index in [0.29, 0.717) is 6.42 Å². The summed E-state index contributed by atoms with van der Waals surface area (Å²) in [6.45, 7) is 1.23. The smallest absolute Gasteiger partial charge is 0.326 e. The molecule has 0 spiro atoms. The largest absolute Gasteiger partial charge is 0.480 e. The summed E-state index contributed by atoms with van der Waals surface area (Å²) >= 11 is 0. The Morgan fingerprint density at radius 1 is 1.44 bits per heavy atom. The summed E-state index contributed by atoms with van der Waals surface area (Å²) in [5.74, 6) is -1.98. The van der Waals surface area contributed by atoms with E-state index in [9.17, 15) is 14.4 Å². The molecule has 0 bridgehead atoms. The third-order valence-corrected chi connectivity index (χ3v) is 2.15. The van der Waals surface area contributed by atoms with Crippen LogP contribution >= 0.6 is 0 Å². The van der Waals surface area contributed by atoms with Crippen LogP contribution in [0.1, 0.15) is 13.3 Å². The lowest BCUT2D eigenvalue weighted by Crippen LogP contribution is -2.47. The minimum Gasteiger partial charge on any atom is -0.480 e. The van der Waals surface area contributed by atoms with Crippen molar-refractivity contribution < 1.29 is 19.5 Å². The fourth-order valence-electron chi connectivity index (χ4n) is 1.16. The van der Waals surface area contributed by atoms with E-state index in [1.54, 1.807) is 6.92 Å². The average Bonchev–Trinajstić information content (AvgIpc) is 2.25. The molecule has 0 fully saturated rings. The van der Waals surface area contributed by atoms with Crippen LogP contribution in [-0.4, -0.2) is 54.0 Å². The van der Waals surface area contributed by atoms with Crippen LogP contribution in [0.4, 0.5) is 0 Å². The van der Waals surface area contributed by atoms with Crippen LogP contribution < -0.4 is 11.1 Å². The molecule has 0 aliphatic heterocycles. The highest BCUT2D eigenvalue weighted by Crippen LogP contribution is 2.01. The molecule has 0 aromatic carbocycles. The van der Waals surface area contributed by atoms with Gasteiger partial charge in [0.25, 0.3) is 0 Å². The van der Waals surface area contributed by atoms with E-state index >= 15 is 0 Å². The second-order valence-corrected chi connectivity index (χ2v) is 3.25. The molecular formula is C9H17N3O4. The first kappa shape index (κ1) is 14.4. The molecule has 7 heteroatoms. The second kappa shape index (κ2) is 6.78. The molecule has 0 aromatic heterocycles. The van der Waals surface area contributed by atoms with Crippen molar-refractivity contribution in [2.75, 3.05) is 20.1 Å². The number of amides is 2. The molecule has 0 aromatic rings. The maximum Gasteiger partial charge on any atom is 0.326 e. The molecule has 1 atom stereocenters. The average molecular weight is 231 g/mol. The van der Waals surface area contributed by atoms with E-state index in [2.05, 4.69) is 5.32 Å². The Hall–Kier alpha value is -1.63. The summed E-state index contributed by atoms with van der Waals surface area (Å²) < 4.78 is 0. The van der Waals surface area contributed by atoms with Crippen molar-refractivity contribution in [2.45, 2.75) is 19.4 Å². The summed E-state index contributed by atoms with van der Waals surface area (Å²) in [4.78, 5) is 34.1. The Labute approximate surface area is 93.6 Å². The van der Waals surface area contributed by atoms with Gasteiger partial charge in [-0.25, -0.2) is 4.79 Å². The number of rotatable bonds is 6. The zero-order valence-corrected chi connectivity index (χ0v) is 9.40. The Kier molecular flexibility index (Phi) is 6.09. The Bertz CT molecular complexity index is 280. The van der Waals surface area contributed by atoms with E-state index < -0.39 is 23.8 Å². The summed E-state index contributed by atoms with van der Waals surface area (Å²) in [6, 6.07) is -0.873. The van der Waals surface area contributed by atoms with Crippen LogP contribution in [-0.2, 0) is 14.4 Å². The predicted octanol–water partition coefficient (Wildman–Crippen LogP) is -1.62. The molecule has 0 aliphatic rings. The molecule has 0 radical (unpaired) electrons. The maximum atomic E-state index is 11.5. The van der Waals surface area contributed by atoms with Gasteiger partial charge in [-0.15, -0.1) is 0 Å². The van der Waals surface area contributed by atoms with Crippen LogP contribution in [0, 0.1) is 0 Å². The summed E-state index contributed by atoms with van der Waals surface area (Å²) in [7, 11) is 1.39. The van der Waals surface area contributed by atoms with E-state index in [1.165, 1.54) is 7.05 Å². The highest BCUT2D eigenvalue weighted by atomic mass is 16.4.